The van der Waals surface area contributed by atoms with Crippen LogP contribution in [0.2, 0.25) is 0 Å². The smallest absolute Gasteiger partial charge is 0.325 e. The van der Waals surface area contributed by atoms with Crippen LogP contribution >= 0.6 is 11.8 Å². The summed E-state index contributed by atoms with van der Waals surface area (Å²) in [5.41, 5.74) is -1.62. The minimum absolute atomic E-state index is 0.0327. The number of carbonyl (C=O) groups excluding carboxylic acids is 1. The highest BCUT2D eigenvalue weighted by Gasteiger charge is 2.21. The summed E-state index contributed by atoms with van der Waals surface area (Å²) in [6.07, 6.45) is -1.69. The lowest BCUT2D eigenvalue weighted by Gasteiger charge is -2.15. The van der Waals surface area contributed by atoms with Crippen LogP contribution in [0.15, 0.2) is 15.8 Å². The predicted octanol–water partition coefficient (Wildman–Crippen LogP) is -1.26. The van der Waals surface area contributed by atoms with Crippen molar-refractivity contribution in [2.24, 2.45) is 0 Å². The molecule has 0 radical (unpaired) electrons. The van der Waals surface area contributed by atoms with E-state index in [0.29, 0.717) is 0 Å². The first kappa shape index (κ1) is 13.7. The Labute approximate surface area is 99.9 Å². The second kappa shape index (κ2) is 5.80. The molecule has 1 aromatic heterocycles. The topological polar surface area (TPSA) is 123 Å². The lowest BCUT2D eigenvalue weighted by atomic mass is 10.1. The zero-order valence-electron chi connectivity index (χ0n) is 8.97. The molecule has 1 aromatic rings. The molecule has 94 valence electrons. The first-order valence-corrected chi connectivity index (χ1v) is 5.71. The minimum Gasteiger partial charge on any atom is -0.389 e. The fourth-order valence-corrected chi connectivity index (χ4v) is 1.73. The van der Waals surface area contributed by atoms with Gasteiger partial charge in [0.05, 0.1) is 11.7 Å². The van der Waals surface area contributed by atoms with Crippen LogP contribution in [0.4, 0.5) is 0 Å². The summed E-state index contributed by atoms with van der Waals surface area (Å²) in [6, 6.07) is 0. The van der Waals surface area contributed by atoms with Gasteiger partial charge in [-0.05, 0) is 0 Å². The van der Waals surface area contributed by atoms with Crippen molar-refractivity contribution in [1.29, 1.82) is 0 Å². The lowest BCUT2D eigenvalue weighted by Crippen LogP contribution is -2.31. The monoisotopic (exact) mass is 260 g/mol. The molecule has 0 fully saturated rings. The summed E-state index contributed by atoms with van der Waals surface area (Å²) in [4.78, 5) is 36.8. The molecule has 0 spiro atoms. The van der Waals surface area contributed by atoms with E-state index in [2.05, 4.69) is 4.98 Å². The van der Waals surface area contributed by atoms with Gasteiger partial charge in [-0.3, -0.25) is 14.6 Å². The highest BCUT2D eigenvalue weighted by atomic mass is 32.2. The molecule has 0 saturated carbocycles. The molecule has 1 rings (SSSR count). The van der Waals surface area contributed by atoms with Crippen LogP contribution < -0.4 is 11.2 Å². The first-order chi connectivity index (χ1) is 7.91. The Kier molecular flexibility index (Phi) is 4.67. The fraction of sp³-hybridized carbons (Fsp3) is 0.444. The summed E-state index contributed by atoms with van der Waals surface area (Å²) in [7, 11) is 0. The summed E-state index contributed by atoms with van der Waals surface area (Å²) < 4.78 is 0. The van der Waals surface area contributed by atoms with Crippen molar-refractivity contribution in [3.05, 3.63) is 32.6 Å². The Hall–Kier alpha value is -1.38. The number of aliphatic hydroxyl groups is 2. The molecule has 0 aromatic carbocycles. The number of rotatable bonds is 4. The molecule has 0 aliphatic carbocycles. The predicted molar refractivity (Wildman–Crippen MR) is 61.8 cm³/mol. The molecule has 17 heavy (non-hydrogen) atoms. The maximum absolute atomic E-state index is 11.3. The SMILES string of the molecule is CC(=O)SCC(O)C(O)c1c[nH]c(=O)[nH]c1=O. The van der Waals surface area contributed by atoms with E-state index in [-0.39, 0.29) is 16.4 Å². The Balaban J connectivity index is 2.81. The van der Waals surface area contributed by atoms with Gasteiger partial charge in [-0.2, -0.15) is 0 Å². The van der Waals surface area contributed by atoms with E-state index in [9.17, 15) is 24.6 Å². The van der Waals surface area contributed by atoms with Gasteiger partial charge in [-0.1, -0.05) is 11.8 Å². The highest BCUT2D eigenvalue weighted by Crippen LogP contribution is 2.16. The van der Waals surface area contributed by atoms with E-state index in [4.69, 9.17) is 0 Å². The third kappa shape index (κ3) is 3.84. The van der Waals surface area contributed by atoms with E-state index in [1.165, 1.54) is 6.92 Å². The number of H-pyrrole nitrogens is 2. The molecular weight excluding hydrogens is 248 g/mol. The number of carbonyl (C=O) groups is 1. The van der Waals surface area contributed by atoms with Crippen LogP contribution in [0.25, 0.3) is 0 Å². The average Bonchev–Trinajstić information content (AvgIpc) is 2.25. The van der Waals surface area contributed by atoms with E-state index < -0.39 is 23.5 Å². The van der Waals surface area contributed by atoms with Gasteiger partial charge in [-0.25, -0.2) is 4.79 Å². The van der Waals surface area contributed by atoms with Gasteiger partial charge in [0.15, 0.2) is 5.12 Å². The second-order valence-corrected chi connectivity index (χ2v) is 4.54. The molecule has 1 heterocycles. The Morgan fingerprint density at radius 2 is 2.12 bits per heavy atom. The molecule has 0 aliphatic heterocycles. The third-order valence-corrected chi connectivity index (χ3v) is 2.90. The number of aliphatic hydroxyl groups excluding tert-OH is 2. The van der Waals surface area contributed by atoms with E-state index >= 15 is 0 Å². The molecule has 0 bridgehead atoms. The van der Waals surface area contributed by atoms with Gasteiger partial charge >= 0.3 is 5.69 Å². The number of aromatic amines is 2. The van der Waals surface area contributed by atoms with E-state index in [1.807, 2.05) is 4.98 Å². The summed E-state index contributed by atoms with van der Waals surface area (Å²) in [5, 5.41) is 19.0. The Bertz CT molecular complexity index is 509. The Morgan fingerprint density at radius 3 is 2.65 bits per heavy atom. The molecule has 4 N–H and O–H groups in total. The molecular formula is C9H12N2O5S. The molecule has 0 amide bonds. The maximum atomic E-state index is 11.3. The highest BCUT2D eigenvalue weighted by molar-refractivity contribution is 8.13. The lowest BCUT2D eigenvalue weighted by molar-refractivity contribution is -0.109. The minimum atomic E-state index is -1.46. The van der Waals surface area contributed by atoms with Gasteiger partial charge in [0.25, 0.3) is 5.56 Å². The van der Waals surface area contributed by atoms with Crippen molar-refractivity contribution < 1.29 is 15.0 Å². The third-order valence-electron chi connectivity index (χ3n) is 1.99. The first-order valence-electron chi connectivity index (χ1n) is 4.73. The number of aromatic nitrogens is 2. The van der Waals surface area contributed by atoms with Crippen LogP contribution in [0.1, 0.15) is 18.6 Å². The maximum Gasteiger partial charge on any atom is 0.325 e. The van der Waals surface area contributed by atoms with Crippen molar-refractivity contribution in [3.63, 3.8) is 0 Å². The van der Waals surface area contributed by atoms with E-state index in [0.717, 1.165) is 18.0 Å². The number of hydrogen-bond donors (Lipinski definition) is 4. The van der Waals surface area contributed by atoms with E-state index in [1.54, 1.807) is 0 Å². The van der Waals surface area contributed by atoms with Crippen LogP contribution in [0.5, 0.6) is 0 Å². The molecule has 0 saturated heterocycles. The summed E-state index contributed by atoms with van der Waals surface area (Å²) in [5.74, 6) is -0.0327. The van der Waals surface area contributed by atoms with Crippen molar-refractivity contribution in [3.8, 4) is 0 Å². The molecule has 7 nitrogen and oxygen atoms in total. The van der Waals surface area contributed by atoms with Crippen LogP contribution in [-0.4, -0.2) is 37.2 Å². The zero-order valence-corrected chi connectivity index (χ0v) is 9.78. The van der Waals surface area contributed by atoms with Crippen molar-refractivity contribution in [1.82, 2.24) is 9.97 Å². The fourth-order valence-electron chi connectivity index (χ4n) is 1.14. The van der Waals surface area contributed by atoms with Crippen LogP contribution in [-0.2, 0) is 4.79 Å². The van der Waals surface area contributed by atoms with Crippen LogP contribution in [0.3, 0.4) is 0 Å². The largest absolute Gasteiger partial charge is 0.389 e. The molecule has 0 aliphatic rings. The van der Waals surface area contributed by atoms with Gasteiger partial charge < -0.3 is 15.2 Å². The van der Waals surface area contributed by atoms with Gasteiger partial charge in [-0.15, -0.1) is 0 Å². The Morgan fingerprint density at radius 1 is 1.47 bits per heavy atom. The number of nitrogens with one attached hydrogen (secondary N) is 2. The number of hydrogen-bond acceptors (Lipinski definition) is 6. The standard InChI is InChI=1S/C9H12N2O5S/c1-4(12)17-3-6(13)7(14)5-2-10-9(16)11-8(5)15/h2,6-7,13-14H,3H2,1H3,(H2,10,11,15,16). The summed E-state index contributed by atoms with van der Waals surface area (Å²) >= 11 is 0.838. The average molecular weight is 260 g/mol. The molecule has 2 atom stereocenters. The zero-order chi connectivity index (χ0) is 13.0. The normalized spacial score (nSPS) is 14.3. The van der Waals surface area contributed by atoms with Gasteiger partial charge in [0.1, 0.15) is 6.10 Å². The molecule has 2 unspecified atom stereocenters. The molecule has 8 heteroatoms. The quantitative estimate of drug-likeness (QED) is 0.535. The van der Waals surface area contributed by atoms with Crippen LogP contribution in [0, 0.1) is 0 Å². The van der Waals surface area contributed by atoms with Gasteiger partial charge in [0, 0.05) is 18.9 Å². The second-order valence-electron chi connectivity index (χ2n) is 3.34. The van der Waals surface area contributed by atoms with Gasteiger partial charge in [0.2, 0.25) is 0 Å². The van der Waals surface area contributed by atoms with Crippen molar-refractivity contribution in [2.75, 3.05) is 5.75 Å². The summed E-state index contributed by atoms with van der Waals surface area (Å²) in [6.45, 7) is 1.33. The van der Waals surface area contributed by atoms with Crippen molar-refractivity contribution >= 4 is 16.9 Å². The number of thioether (sulfide) groups is 1. The van der Waals surface area contributed by atoms with Crippen molar-refractivity contribution in [2.45, 2.75) is 19.1 Å².